The van der Waals surface area contributed by atoms with Crippen LogP contribution in [0.2, 0.25) is 0 Å². The van der Waals surface area contributed by atoms with Crippen LogP contribution in [0.1, 0.15) is 17.2 Å². The Morgan fingerprint density at radius 3 is 2.57 bits per heavy atom. The number of aromatic hydroxyl groups is 1. The molecule has 5 N–H and O–H groups in total. The second kappa shape index (κ2) is 6.76. The maximum atomic E-state index is 11.8. The number of aliphatic hydroxyl groups excluding tert-OH is 1. The zero-order chi connectivity index (χ0) is 15.2. The lowest BCUT2D eigenvalue weighted by Gasteiger charge is -2.12. The molecule has 0 saturated carbocycles. The Morgan fingerprint density at radius 1 is 1.19 bits per heavy atom. The minimum absolute atomic E-state index is 0.127. The van der Waals surface area contributed by atoms with Gasteiger partial charge in [0.2, 0.25) is 5.91 Å². The molecule has 1 atom stereocenters. The highest BCUT2D eigenvalue weighted by molar-refractivity contribution is 5.78. The topological polar surface area (TPSA) is 95.6 Å². The highest BCUT2D eigenvalue weighted by atomic mass is 16.3. The number of phenols is 1. The van der Waals surface area contributed by atoms with Gasteiger partial charge >= 0.3 is 0 Å². The smallest absolute Gasteiger partial charge is 0.224 e. The molecule has 0 aliphatic carbocycles. The molecule has 1 amide bonds. The van der Waals surface area contributed by atoms with Crippen LogP contribution in [0.4, 0.5) is 5.69 Å². The van der Waals surface area contributed by atoms with Gasteiger partial charge < -0.3 is 21.3 Å². The third-order valence-electron chi connectivity index (χ3n) is 3.09. The molecule has 0 aromatic heterocycles. The minimum Gasteiger partial charge on any atom is -0.508 e. The fraction of sp³-hybridized carbons (Fsp3) is 0.188. The Balaban J connectivity index is 1.84. The summed E-state index contributed by atoms with van der Waals surface area (Å²) in [6.45, 7) is 0.127. The first-order valence-electron chi connectivity index (χ1n) is 6.62. The normalized spacial score (nSPS) is 11.9. The maximum Gasteiger partial charge on any atom is 0.224 e. The maximum absolute atomic E-state index is 11.8. The predicted molar refractivity (Wildman–Crippen MR) is 80.6 cm³/mol. The fourth-order valence-corrected chi connectivity index (χ4v) is 1.96. The summed E-state index contributed by atoms with van der Waals surface area (Å²) in [5.41, 5.74) is 7.61. The average Bonchev–Trinajstić information content (AvgIpc) is 2.45. The predicted octanol–water partition coefficient (Wildman–Crippen LogP) is 1.37. The minimum atomic E-state index is -0.779. The molecule has 0 aliphatic heterocycles. The van der Waals surface area contributed by atoms with Gasteiger partial charge in [-0.3, -0.25) is 4.79 Å². The molecule has 0 saturated heterocycles. The molecule has 0 spiro atoms. The van der Waals surface area contributed by atoms with E-state index >= 15 is 0 Å². The molecular formula is C16H18N2O3. The number of aliphatic hydroxyl groups is 1. The molecule has 0 aliphatic rings. The number of phenolic OH excluding ortho intramolecular Hbond substituents is 1. The number of amides is 1. The van der Waals surface area contributed by atoms with Crippen molar-refractivity contribution in [2.24, 2.45) is 0 Å². The molecule has 21 heavy (non-hydrogen) atoms. The summed E-state index contributed by atoms with van der Waals surface area (Å²) >= 11 is 0. The third-order valence-corrected chi connectivity index (χ3v) is 3.09. The summed E-state index contributed by atoms with van der Waals surface area (Å²) in [4.78, 5) is 11.8. The van der Waals surface area contributed by atoms with Crippen molar-refractivity contribution >= 4 is 11.6 Å². The third kappa shape index (κ3) is 4.50. The summed E-state index contributed by atoms with van der Waals surface area (Å²) in [6, 6.07) is 13.4. The van der Waals surface area contributed by atoms with Crippen molar-refractivity contribution in [1.29, 1.82) is 0 Å². The van der Waals surface area contributed by atoms with Gasteiger partial charge in [0.15, 0.2) is 0 Å². The largest absolute Gasteiger partial charge is 0.508 e. The van der Waals surface area contributed by atoms with Crippen LogP contribution in [-0.2, 0) is 11.2 Å². The van der Waals surface area contributed by atoms with Crippen molar-refractivity contribution < 1.29 is 15.0 Å². The Hall–Kier alpha value is -2.53. The molecule has 0 radical (unpaired) electrons. The van der Waals surface area contributed by atoms with E-state index in [1.54, 1.807) is 42.5 Å². The van der Waals surface area contributed by atoms with Crippen LogP contribution in [0.15, 0.2) is 48.5 Å². The lowest BCUT2D eigenvalue weighted by molar-refractivity contribution is -0.120. The number of nitrogen functional groups attached to an aromatic ring is 1. The van der Waals surface area contributed by atoms with Crippen LogP contribution in [0.25, 0.3) is 0 Å². The number of rotatable bonds is 5. The van der Waals surface area contributed by atoms with Gasteiger partial charge in [-0.05, 0) is 35.4 Å². The molecule has 5 heteroatoms. The van der Waals surface area contributed by atoms with E-state index in [1.807, 2.05) is 0 Å². The zero-order valence-electron chi connectivity index (χ0n) is 11.5. The molecule has 2 rings (SSSR count). The number of carbonyl (C=O) groups excluding carboxylic acids is 1. The number of benzene rings is 2. The van der Waals surface area contributed by atoms with Crippen LogP contribution in [0.5, 0.6) is 5.75 Å². The molecule has 0 heterocycles. The summed E-state index contributed by atoms with van der Waals surface area (Å²) in [5, 5.41) is 22.0. The Labute approximate surface area is 123 Å². The number of hydrogen-bond donors (Lipinski definition) is 4. The summed E-state index contributed by atoms with van der Waals surface area (Å²) in [7, 11) is 0. The number of anilines is 1. The van der Waals surface area contributed by atoms with Crippen molar-refractivity contribution in [1.82, 2.24) is 5.32 Å². The Bertz CT molecular complexity index is 611. The molecule has 110 valence electrons. The molecular weight excluding hydrogens is 268 g/mol. The number of nitrogens with two attached hydrogens (primary N) is 1. The lowest BCUT2D eigenvalue weighted by atomic mass is 10.1. The van der Waals surface area contributed by atoms with Crippen LogP contribution in [0.3, 0.4) is 0 Å². The van der Waals surface area contributed by atoms with E-state index in [2.05, 4.69) is 5.32 Å². The fourth-order valence-electron chi connectivity index (χ4n) is 1.96. The molecule has 2 aromatic rings. The standard InChI is InChI=1S/C16H18N2O3/c17-13-6-4-12(5-7-13)15(20)10-18-16(21)9-11-2-1-3-14(19)8-11/h1-8,15,19-20H,9-10,17H2,(H,18,21). The van der Waals surface area contributed by atoms with E-state index in [0.29, 0.717) is 11.3 Å². The lowest BCUT2D eigenvalue weighted by Crippen LogP contribution is -2.29. The van der Waals surface area contributed by atoms with E-state index < -0.39 is 6.10 Å². The highest BCUT2D eigenvalue weighted by Gasteiger charge is 2.10. The molecule has 1 unspecified atom stereocenters. The molecule has 0 bridgehead atoms. The van der Waals surface area contributed by atoms with Crippen molar-refractivity contribution in [3.8, 4) is 5.75 Å². The first-order chi connectivity index (χ1) is 10.0. The molecule has 5 nitrogen and oxygen atoms in total. The molecule has 2 aromatic carbocycles. The van der Waals surface area contributed by atoms with Gasteiger partial charge in [-0.1, -0.05) is 24.3 Å². The van der Waals surface area contributed by atoms with Gasteiger partial charge in [-0.25, -0.2) is 0 Å². The van der Waals surface area contributed by atoms with Gasteiger partial charge in [-0.15, -0.1) is 0 Å². The van der Waals surface area contributed by atoms with Gasteiger partial charge in [0.1, 0.15) is 5.75 Å². The first kappa shape index (κ1) is 14.9. The van der Waals surface area contributed by atoms with E-state index in [-0.39, 0.29) is 24.6 Å². The van der Waals surface area contributed by atoms with Crippen molar-refractivity contribution in [3.63, 3.8) is 0 Å². The van der Waals surface area contributed by atoms with Crippen molar-refractivity contribution in [2.75, 3.05) is 12.3 Å². The highest BCUT2D eigenvalue weighted by Crippen LogP contribution is 2.14. The second-order valence-corrected chi connectivity index (χ2v) is 4.83. The van der Waals surface area contributed by atoms with E-state index in [0.717, 1.165) is 5.56 Å². The van der Waals surface area contributed by atoms with E-state index in [4.69, 9.17) is 5.73 Å². The van der Waals surface area contributed by atoms with Gasteiger partial charge in [0.25, 0.3) is 0 Å². The van der Waals surface area contributed by atoms with Crippen molar-refractivity contribution in [2.45, 2.75) is 12.5 Å². The molecule has 0 fully saturated rings. The van der Waals surface area contributed by atoms with Crippen LogP contribution in [0, 0.1) is 0 Å². The van der Waals surface area contributed by atoms with Crippen LogP contribution >= 0.6 is 0 Å². The van der Waals surface area contributed by atoms with Crippen molar-refractivity contribution in [3.05, 3.63) is 59.7 Å². The van der Waals surface area contributed by atoms with Crippen LogP contribution in [-0.4, -0.2) is 22.7 Å². The van der Waals surface area contributed by atoms with Crippen LogP contribution < -0.4 is 11.1 Å². The Kier molecular flexibility index (Phi) is 4.79. The second-order valence-electron chi connectivity index (χ2n) is 4.83. The van der Waals surface area contributed by atoms with Gasteiger partial charge in [0, 0.05) is 12.2 Å². The average molecular weight is 286 g/mol. The zero-order valence-corrected chi connectivity index (χ0v) is 11.5. The number of hydrogen-bond acceptors (Lipinski definition) is 4. The number of nitrogens with one attached hydrogen (secondary N) is 1. The number of carbonyl (C=O) groups is 1. The monoisotopic (exact) mass is 286 g/mol. The summed E-state index contributed by atoms with van der Waals surface area (Å²) in [5.74, 6) is -0.0858. The van der Waals surface area contributed by atoms with Gasteiger partial charge in [-0.2, -0.15) is 0 Å². The quantitative estimate of drug-likeness (QED) is 0.624. The Morgan fingerprint density at radius 2 is 1.90 bits per heavy atom. The van der Waals surface area contributed by atoms with E-state index in [1.165, 1.54) is 6.07 Å². The summed E-state index contributed by atoms with van der Waals surface area (Å²) < 4.78 is 0. The van der Waals surface area contributed by atoms with Gasteiger partial charge in [0.05, 0.1) is 12.5 Å². The summed E-state index contributed by atoms with van der Waals surface area (Å²) in [6.07, 6.45) is -0.623. The SMILES string of the molecule is Nc1ccc(C(O)CNC(=O)Cc2cccc(O)c2)cc1. The van der Waals surface area contributed by atoms with E-state index in [9.17, 15) is 15.0 Å². The first-order valence-corrected chi connectivity index (χ1v) is 6.62.